The van der Waals surface area contributed by atoms with Gasteiger partial charge in [-0.05, 0) is 42.5 Å². The fraction of sp³-hybridized carbons (Fsp3) is 0.375. The summed E-state index contributed by atoms with van der Waals surface area (Å²) >= 11 is 0. The Balaban J connectivity index is 1.51. The Kier molecular flexibility index (Phi) is 7.18. The van der Waals surface area contributed by atoms with E-state index in [1.165, 1.54) is 5.32 Å². The van der Waals surface area contributed by atoms with Crippen LogP contribution in [0.2, 0.25) is 0 Å². The second-order valence-electron chi connectivity index (χ2n) is 8.39. The summed E-state index contributed by atoms with van der Waals surface area (Å²) in [5.74, 6) is -3.43. The molecule has 2 aromatic carbocycles. The Morgan fingerprint density at radius 2 is 1.56 bits per heavy atom. The summed E-state index contributed by atoms with van der Waals surface area (Å²) in [5.41, 5.74) is 0.866. The highest BCUT2D eigenvalue weighted by atomic mass is 19.4. The third-order valence-electron chi connectivity index (χ3n) is 5.90. The zero-order valence-electron chi connectivity index (χ0n) is 18.6. The van der Waals surface area contributed by atoms with Crippen molar-refractivity contribution in [3.05, 3.63) is 59.7 Å². The highest BCUT2D eigenvalue weighted by Crippen LogP contribution is 2.44. The Bertz CT molecular complexity index is 1040. The number of carbonyl (C=O) groups is 3. The van der Waals surface area contributed by atoms with Crippen LogP contribution in [0.3, 0.4) is 0 Å². The van der Waals surface area contributed by atoms with Crippen molar-refractivity contribution in [1.29, 1.82) is 0 Å². The lowest BCUT2D eigenvalue weighted by Crippen LogP contribution is -2.61. The average Bonchev–Trinajstić information content (AvgIpc) is 3.09. The number of fused-ring (bicyclic) bond motifs is 3. The Labute approximate surface area is 194 Å². The molecule has 7 nitrogen and oxygen atoms in total. The molecule has 3 N–H and O–H groups in total. The molecule has 0 radical (unpaired) electrons. The summed E-state index contributed by atoms with van der Waals surface area (Å²) in [6.07, 6.45) is -6.31. The van der Waals surface area contributed by atoms with Crippen molar-refractivity contribution in [2.45, 2.75) is 50.4 Å². The van der Waals surface area contributed by atoms with Crippen LogP contribution in [0, 0.1) is 0 Å². The lowest BCUT2D eigenvalue weighted by atomic mass is 9.98. The number of rotatable bonds is 8. The first-order chi connectivity index (χ1) is 15.9. The van der Waals surface area contributed by atoms with Crippen molar-refractivity contribution in [2.75, 3.05) is 6.61 Å². The van der Waals surface area contributed by atoms with Gasteiger partial charge in [-0.2, -0.15) is 13.2 Å². The van der Waals surface area contributed by atoms with Crippen LogP contribution < -0.4 is 10.6 Å². The number of hydrogen-bond acceptors (Lipinski definition) is 4. The average molecular weight is 478 g/mol. The van der Waals surface area contributed by atoms with E-state index in [4.69, 9.17) is 9.84 Å². The van der Waals surface area contributed by atoms with Crippen LogP contribution >= 0.6 is 0 Å². The molecule has 0 spiro atoms. The molecule has 2 atom stereocenters. The molecule has 10 heteroatoms. The van der Waals surface area contributed by atoms with Gasteiger partial charge in [-0.3, -0.25) is 4.79 Å². The van der Waals surface area contributed by atoms with Crippen molar-refractivity contribution < 1.29 is 37.4 Å². The highest BCUT2D eigenvalue weighted by molar-refractivity contribution is 5.87. The van der Waals surface area contributed by atoms with E-state index in [0.29, 0.717) is 6.92 Å². The fourth-order valence-electron chi connectivity index (χ4n) is 3.85. The standard InChI is InChI=1S/C24H25F3N2O5/c1-14(11-12-20(30)29-23(2,21(31)32)24(25,26)27)28-22(33)34-13-19-17-9-5-3-7-15(17)16-8-4-6-10-18(16)19/h3-10,14,19H,11-13H2,1-2H3,(H,28,33)(H,29,30)(H,31,32). The maximum atomic E-state index is 13.0. The molecule has 2 amide bonds. The number of hydrogen-bond donors (Lipinski definition) is 3. The molecule has 1 aliphatic rings. The van der Waals surface area contributed by atoms with Gasteiger partial charge in [-0.1, -0.05) is 48.5 Å². The number of nitrogens with one attached hydrogen (secondary N) is 2. The van der Waals surface area contributed by atoms with Gasteiger partial charge < -0.3 is 20.5 Å². The van der Waals surface area contributed by atoms with E-state index in [0.717, 1.165) is 22.3 Å². The van der Waals surface area contributed by atoms with Gasteiger partial charge in [0.05, 0.1) is 0 Å². The summed E-state index contributed by atoms with van der Waals surface area (Å²) in [6.45, 7) is 2.04. The lowest BCUT2D eigenvalue weighted by Gasteiger charge is -2.28. The number of ether oxygens (including phenoxy) is 1. The maximum Gasteiger partial charge on any atom is 0.422 e. The first-order valence-corrected chi connectivity index (χ1v) is 10.7. The Morgan fingerprint density at radius 3 is 2.06 bits per heavy atom. The fourth-order valence-corrected chi connectivity index (χ4v) is 3.85. The SMILES string of the molecule is CC(CCC(=O)NC(C)(C(=O)O)C(F)(F)F)NC(=O)OCC1c2ccccc2-c2ccccc21. The highest BCUT2D eigenvalue weighted by Gasteiger charge is 2.58. The van der Waals surface area contributed by atoms with Gasteiger partial charge in [-0.15, -0.1) is 0 Å². The van der Waals surface area contributed by atoms with Gasteiger partial charge in [0.25, 0.3) is 0 Å². The molecule has 0 bridgehead atoms. The van der Waals surface area contributed by atoms with Crippen molar-refractivity contribution in [1.82, 2.24) is 10.6 Å². The molecule has 2 unspecified atom stereocenters. The smallest absolute Gasteiger partial charge is 0.422 e. The molecule has 0 saturated heterocycles. The van der Waals surface area contributed by atoms with Crippen LogP contribution in [-0.4, -0.2) is 47.4 Å². The molecular weight excluding hydrogens is 453 g/mol. The molecule has 34 heavy (non-hydrogen) atoms. The monoisotopic (exact) mass is 478 g/mol. The molecule has 2 aromatic rings. The zero-order chi connectivity index (χ0) is 25.1. The van der Waals surface area contributed by atoms with E-state index in [2.05, 4.69) is 5.32 Å². The van der Waals surface area contributed by atoms with Gasteiger partial charge >= 0.3 is 18.2 Å². The topological polar surface area (TPSA) is 105 Å². The van der Waals surface area contributed by atoms with Crippen LogP contribution in [0.4, 0.5) is 18.0 Å². The molecule has 0 fully saturated rings. The number of carbonyl (C=O) groups excluding carboxylic acids is 2. The molecule has 0 heterocycles. The first kappa shape index (κ1) is 25.1. The number of halogens is 3. The maximum absolute atomic E-state index is 13.0. The largest absolute Gasteiger partial charge is 0.479 e. The van der Waals surface area contributed by atoms with Gasteiger partial charge in [0.1, 0.15) is 6.61 Å². The second kappa shape index (κ2) is 9.74. The summed E-state index contributed by atoms with van der Waals surface area (Å²) in [4.78, 5) is 35.2. The van der Waals surface area contributed by atoms with E-state index in [1.54, 1.807) is 6.92 Å². The Hall–Kier alpha value is -3.56. The van der Waals surface area contributed by atoms with Gasteiger partial charge in [-0.25, -0.2) is 9.59 Å². The predicted octanol–water partition coefficient (Wildman–Crippen LogP) is 4.22. The van der Waals surface area contributed by atoms with E-state index >= 15 is 0 Å². The number of alkyl halides is 3. The summed E-state index contributed by atoms with van der Waals surface area (Å²) in [6, 6.07) is 15.1. The van der Waals surface area contributed by atoms with Crippen molar-refractivity contribution in [3.8, 4) is 11.1 Å². The molecule has 1 aliphatic carbocycles. The zero-order valence-corrected chi connectivity index (χ0v) is 18.6. The van der Waals surface area contributed by atoms with Crippen LogP contribution in [0.5, 0.6) is 0 Å². The van der Waals surface area contributed by atoms with Crippen LogP contribution in [-0.2, 0) is 14.3 Å². The molecule has 0 saturated carbocycles. The van der Waals surface area contributed by atoms with E-state index in [9.17, 15) is 27.6 Å². The second-order valence-corrected chi connectivity index (χ2v) is 8.39. The van der Waals surface area contributed by atoms with Crippen LogP contribution in [0.25, 0.3) is 11.1 Å². The Morgan fingerprint density at radius 1 is 1.03 bits per heavy atom. The van der Waals surface area contributed by atoms with E-state index in [-0.39, 0.29) is 18.9 Å². The summed E-state index contributed by atoms with van der Waals surface area (Å²) in [5, 5.41) is 12.9. The van der Waals surface area contributed by atoms with Crippen molar-refractivity contribution >= 4 is 18.0 Å². The van der Waals surface area contributed by atoms with E-state index in [1.807, 2.05) is 48.5 Å². The van der Waals surface area contributed by atoms with Gasteiger partial charge in [0.2, 0.25) is 11.4 Å². The molecule has 0 aliphatic heterocycles. The number of aliphatic carboxylic acids is 1. The van der Waals surface area contributed by atoms with Crippen LogP contribution in [0.1, 0.15) is 43.7 Å². The molecule has 182 valence electrons. The van der Waals surface area contributed by atoms with Crippen LogP contribution in [0.15, 0.2) is 48.5 Å². The third-order valence-corrected chi connectivity index (χ3v) is 5.90. The summed E-state index contributed by atoms with van der Waals surface area (Å²) < 4.78 is 44.4. The lowest BCUT2D eigenvalue weighted by molar-refractivity contribution is -0.207. The number of carboxylic acids is 1. The predicted molar refractivity (Wildman–Crippen MR) is 117 cm³/mol. The van der Waals surface area contributed by atoms with E-state index < -0.39 is 42.1 Å². The normalized spacial score (nSPS) is 15.4. The van der Waals surface area contributed by atoms with Crippen molar-refractivity contribution in [2.24, 2.45) is 0 Å². The minimum absolute atomic E-state index is 0.0103. The quantitative estimate of drug-likeness (QED) is 0.527. The van der Waals surface area contributed by atoms with Gasteiger partial charge in [0.15, 0.2) is 0 Å². The summed E-state index contributed by atoms with van der Waals surface area (Å²) in [7, 11) is 0. The minimum Gasteiger partial charge on any atom is -0.479 e. The number of amides is 2. The molecule has 0 aromatic heterocycles. The van der Waals surface area contributed by atoms with Gasteiger partial charge in [0, 0.05) is 18.4 Å². The number of alkyl carbamates (subject to hydrolysis) is 1. The number of benzene rings is 2. The first-order valence-electron chi connectivity index (χ1n) is 10.7. The number of carboxylic acid groups (broad SMARTS) is 1. The molecule has 3 rings (SSSR count). The third kappa shape index (κ3) is 5.16. The minimum atomic E-state index is -5.17. The van der Waals surface area contributed by atoms with Crippen molar-refractivity contribution in [3.63, 3.8) is 0 Å². The molecular formula is C24H25F3N2O5.